The first-order valence-corrected chi connectivity index (χ1v) is 6.73. The molecule has 0 spiro atoms. The van der Waals surface area contributed by atoms with Gasteiger partial charge in [0.15, 0.2) is 0 Å². The number of H-pyrrole nitrogens is 1. The molecule has 0 atom stereocenters. The fraction of sp³-hybridized carbons (Fsp3) is 0.357. The van der Waals surface area contributed by atoms with Crippen molar-refractivity contribution in [3.8, 4) is 11.1 Å². The van der Waals surface area contributed by atoms with Crippen molar-refractivity contribution in [1.82, 2.24) is 15.2 Å². The number of pyridine rings is 1. The van der Waals surface area contributed by atoms with Crippen LogP contribution in [0.1, 0.15) is 12.8 Å². The van der Waals surface area contributed by atoms with Crippen LogP contribution in [0.4, 0.5) is 5.69 Å². The van der Waals surface area contributed by atoms with Crippen molar-refractivity contribution < 1.29 is 4.79 Å². The molecule has 0 aliphatic carbocycles. The number of rotatable bonds is 3. The third-order valence-electron chi connectivity index (χ3n) is 3.85. The van der Waals surface area contributed by atoms with Crippen molar-refractivity contribution in [3.63, 3.8) is 0 Å². The summed E-state index contributed by atoms with van der Waals surface area (Å²) in [6.45, 7) is 1.67. The highest BCUT2D eigenvalue weighted by molar-refractivity contribution is 5.79. The van der Waals surface area contributed by atoms with Crippen LogP contribution in [0.2, 0.25) is 0 Å². The number of piperidine rings is 1. The number of hydrogen-bond acceptors (Lipinski definition) is 4. The predicted octanol–water partition coefficient (Wildman–Crippen LogP) is 1.17. The molecular weight excluding hydrogens is 254 g/mol. The molecule has 0 bridgehead atoms. The summed E-state index contributed by atoms with van der Waals surface area (Å²) in [7, 11) is 0. The SMILES string of the molecule is NC(=O)C1CCN(c2ccncc2-c2cn[nH]c2)CC1. The summed E-state index contributed by atoms with van der Waals surface area (Å²) in [5.41, 5.74) is 8.58. The third-order valence-corrected chi connectivity index (χ3v) is 3.85. The number of anilines is 1. The maximum absolute atomic E-state index is 11.2. The number of carbonyl (C=O) groups excluding carboxylic acids is 1. The third kappa shape index (κ3) is 2.36. The maximum Gasteiger partial charge on any atom is 0.220 e. The summed E-state index contributed by atoms with van der Waals surface area (Å²) in [6, 6.07) is 2.01. The van der Waals surface area contributed by atoms with Gasteiger partial charge in [-0.05, 0) is 18.9 Å². The second kappa shape index (κ2) is 5.32. The van der Waals surface area contributed by atoms with Crippen LogP contribution in [0, 0.1) is 5.92 Å². The minimum absolute atomic E-state index is 0.00506. The van der Waals surface area contributed by atoms with Gasteiger partial charge >= 0.3 is 0 Å². The number of aromatic amines is 1. The molecule has 3 heterocycles. The molecule has 1 aliphatic rings. The molecule has 1 saturated heterocycles. The van der Waals surface area contributed by atoms with Crippen LogP contribution in [0.15, 0.2) is 30.9 Å². The smallest absolute Gasteiger partial charge is 0.220 e. The van der Waals surface area contributed by atoms with Gasteiger partial charge < -0.3 is 10.6 Å². The zero-order chi connectivity index (χ0) is 13.9. The fourth-order valence-corrected chi connectivity index (χ4v) is 2.69. The Morgan fingerprint density at radius 1 is 1.35 bits per heavy atom. The monoisotopic (exact) mass is 271 g/mol. The molecule has 0 radical (unpaired) electrons. The predicted molar refractivity (Wildman–Crippen MR) is 76.0 cm³/mol. The fourth-order valence-electron chi connectivity index (χ4n) is 2.69. The highest BCUT2D eigenvalue weighted by atomic mass is 16.1. The van der Waals surface area contributed by atoms with E-state index in [1.165, 1.54) is 0 Å². The minimum atomic E-state index is -0.186. The molecule has 3 rings (SSSR count). The van der Waals surface area contributed by atoms with Crippen LogP contribution >= 0.6 is 0 Å². The number of hydrogen-bond donors (Lipinski definition) is 2. The van der Waals surface area contributed by atoms with Gasteiger partial charge in [-0.15, -0.1) is 0 Å². The first-order chi connectivity index (χ1) is 9.75. The van der Waals surface area contributed by atoms with Gasteiger partial charge in [0.25, 0.3) is 0 Å². The van der Waals surface area contributed by atoms with Gasteiger partial charge in [0, 0.05) is 54.4 Å². The van der Waals surface area contributed by atoms with Crippen LogP contribution in [0.5, 0.6) is 0 Å². The zero-order valence-electron chi connectivity index (χ0n) is 11.1. The van der Waals surface area contributed by atoms with Gasteiger partial charge in [-0.25, -0.2) is 0 Å². The largest absolute Gasteiger partial charge is 0.371 e. The summed E-state index contributed by atoms with van der Waals surface area (Å²) >= 11 is 0. The lowest BCUT2D eigenvalue weighted by Gasteiger charge is -2.33. The molecule has 104 valence electrons. The van der Waals surface area contributed by atoms with Gasteiger partial charge in [0.2, 0.25) is 5.91 Å². The van der Waals surface area contributed by atoms with E-state index >= 15 is 0 Å². The Hall–Kier alpha value is -2.37. The Bertz CT molecular complexity index is 587. The average molecular weight is 271 g/mol. The number of primary amides is 1. The van der Waals surface area contributed by atoms with Crippen LogP contribution in [0.25, 0.3) is 11.1 Å². The molecule has 2 aromatic heterocycles. The van der Waals surface area contributed by atoms with Crippen molar-refractivity contribution in [1.29, 1.82) is 0 Å². The highest BCUT2D eigenvalue weighted by Gasteiger charge is 2.24. The molecule has 1 fully saturated rings. The molecule has 20 heavy (non-hydrogen) atoms. The van der Waals surface area contributed by atoms with E-state index in [0.717, 1.165) is 42.7 Å². The first kappa shape index (κ1) is 12.7. The maximum atomic E-state index is 11.2. The standard InChI is InChI=1S/C14H17N5O/c15-14(20)10-2-5-19(6-3-10)13-1-4-16-9-12(13)11-7-17-18-8-11/h1,4,7-10H,2-3,5-6H2,(H2,15,20)(H,17,18). The summed E-state index contributed by atoms with van der Waals surface area (Å²) < 4.78 is 0. The second-order valence-corrected chi connectivity index (χ2v) is 5.04. The topological polar surface area (TPSA) is 87.9 Å². The molecule has 2 aromatic rings. The highest BCUT2D eigenvalue weighted by Crippen LogP contribution is 2.31. The van der Waals surface area contributed by atoms with Gasteiger partial charge in [-0.1, -0.05) is 0 Å². The van der Waals surface area contributed by atoms with E-state index in [1.54, 1.807) is 12.4 Å². The lowest BCUT2D eigenvalue weighted by Crippen LogP contribution is -2.38. The van der Waals surface area contributed by atoms with Gasteiger partial charge in [-0.2, -0.15) is 5.10 Å². The molecule has 0 saturated carbocycles. The molecule has 0 aromatic carbocycles. The van der Waals surface area contributed by atoms with Crippen LogP contribution in [0.3, 0.4) is 0 Å². The molecule has 3 N–H and O–H groups in total. The summed E-state index contributed by atoms with van der Waals surface area (Å²) in [6.07, 6.45) is 8.90. The van der Waals surface area contributed by atoms with E-state index < -0.39 is 0 Å². The van der Waals surface area contributed by atoms with Crippen molar-refractivity contribution in [2.75, 3.05) is 18.0 Å². The quantitative estimate of drug-likeness (QED) is 0.877. The van der Waals surface area contributed by atoms with E-state index in [-0.39, 0.29) is 11.8 Å². The van der Waals surface area contributed by atoms with Crippen molar-refractivity contribution in [3.05, 3.63) is 30.9 Å². The number of nitrogens with two attached hydrogens (primary N) is 1. The Morgan fingerprint density at radius 2 is 2.15 bits per heavy atom. The minimum Gasteiger partial charge on any atom is -0.371 e. The first-order valence-electron chi connectivity index (χ1n) is 6.73. The molecular formula is C14H17N5O. The number of amides is 1. The number of nitrogens with one attached hydrogen (secondary N) is 1. The Kier molecular flexibility index (Phi) is 3.37. The molecule has 1 amide bonds. The lowest BCUT2D eigenvalue weighted by atomic mass is 9.95. The van der Waals surface area contributed by atoms with Crippen molar-refractivity contribution in [2.45, 2.75) is 12.8 Å². The summed E-state index contributed by atoms with van der Waals surface area (Å²) in [5.74, 6) is -0.181. The van der Waals surface area contributed by atoms with Crippen LogP contribution in [-0.2, 0) is 4.79 Å². The van der Waals surface area contributed by atoms with Crippen LogP contribution < -0.4 is 10.6 Å². The lowest BCUT2D eigenvalue weighted by molar-refractivity contribution is -0.122. The van der Waals surface area contributed by atoms with E-state index in [0.29, 0.717) is 0 Å². The van der Waals surface area contributed by atoms with Crippen molar-refractivity contribution in [2.24, 2.45) is 11.7 Å². The van der Waals surface area contributed by atoms with E-state index in [2.05, 4.69) is 20.1 Å². The van der Waals surface area contributed by atoms with E-state index in [1.807, 2.05) is 18.5 Å². The summed E-state index contributed by atoms with van der Waals surface area (Å²) in [5, 5.41) is 6.81. The van der Waals surface area contributed by atoms with Crippen LogP contribution in [-0.4, -0.2) is 34.2 Å². The van der Waals surface area contributed by atoms with Gasteiger partial charge in [0.1, 0.15) is 0 Å². The molecule has 6 nitrogen and oxygen atoms in total. The zero-order valence-corrected chi connectivity index (χ0v) is 11.1. The number of carbonyl (C=O) groups is 1. The van der Waals surface area contributed by atoms with E-state index in [4.69, 9.17) is 5.73 Å². The normalized spacial score (nSPS) is 16.3. The Morgan fingerprint density at radius 3 is 2.80 bits per heavy atom. The Labute approximate surface area is 117 Å². The Balaban J connectivity index is 1.83. The second-order valence-electron chi connectivity index (χ2n) is 5.04. The summed E-state index contributed by atoms with van der Waals surface area (Å²) in [4.78, 5) is 17.7. The molecule has 6 heteroatoms. The average Bonchev–Trinajstić information content (AvgIpc) is 3.01. The van der Waals surface area contributed by atoms with Gasteiger partial charge in [0.05, 0.1) is 6.20 Å². The molecule has 1 aliphatic heterocycles. The molecule has 0 unspecified atom stereocenters. The van der Waals surface area contributed by atoms with E-state index in [9.17, 15) is 4.79 Å². The number of aromatic nitrogens is 3. The number of nitrogens with zero attached hydrogens (tertiary/aromatic N) is 3. The van der Waals surface area contributed by atoms with Gasteiger partial charge in [-0.3, -0.25) is 14.9 Å². The van der Waals surface area contributed by atoms with Crippen molar-refractivity contribution >= 4 is 11.6 Å².